The molecule has 1 N–H and O–H groups in total. The number of amides is 2. The smallest absolute Gasteiger partial charge is 0.406 e. The van der Waals surface area contributed by atoms with Gasteiger partial charge in [-0.2, -0.15) is 0 Å². The van der Waals surface area contributed by atoms with E-state index >= 15 is 0 Å². The fourth-order valence-electron chi connectivity index (χ4n) is 2.50. The molecule has 2 aromatic heterocycles. The van der Waals surface area contributed by atoms with Gasteiger partial charge in [0, 0.05) is 12.7 Å². The molecule has 1 aromatic carbocycles. The van der Waals surface area contributed by atoms with Crippen molar-refractivity contribution in [2.24, 2.45) is 0 Å². The minimum absolute atomic E-state index is 0.231. The minimum atomic E-state index is -4.79. The van der Waals surface area contributed by atoms with Crippen molar-refractivity contribution in [3.8, 4) is 15.6 Å². The first kappa shape index (κ1) is 21.8. The van der Waals surface area contributed by atoms with E-state index in [0.717, 1.165) is 22.0 Å². The Hall–Kier alpha value is -2.92. The number of alkyl halides is 3. The van der Waals surface area contributed by atoms with Gasteiger partial charge in [0.2, 0.25) is 5.91 Å². The molecule has 0 saturated carbocycles. The van der Waals surface area contributed by atoms with Crippen molar-refractivity contribution in [1.29, 1.82) is 0 Å². The summed E-state index contributed by atoms with van der Waals surface area (Å²) < 4.78 is 40.3. The van der Waals surface area contributed by atoms with Gasteiger partial charge in [-0.1, -0.05) is 6.07 Å². The van der Waals surface area contributed by atoms with Crippen molar-refractivity contribution < 1.29 is 27.5 Å². The first-order chi connectivity index (χ1) is 14.1. The molecular weight excluding hydrogens is 439 g/mol. The van der Waals surface area contributed by atoms with Crippen LogP contribution in [-0.2, 0) is 4.79 Å². The van der Waals surface area contributed by atoms with E-state index < -0.39 is 18.0 Å². The SMILES string of the molecule is Cc1nc(-c2cccs2)sc1C(=O)N(C)CC(=O)Nc1ccc(OC(F)(F)F)cc1. The maximum absolute atomic E-state index is 12.7. The van der Waals surface area contributed by atoms with Gasteiger partial charge < -0.3 is 15.0 Å². The van der Waals surface area contributed by atoms with Gasteiger partial charge in [-0.05, 0) is 42.6 Å². The Balaban J connectivity index is 1.59. The lowest BCUT2D eigenvalue weighted by atomic mass is 10.3. The maximum Gasteiger partial charge on any atom is 0.573 e. The number of halogens is 3. The number of likely N-dealkylation sites (N-methyl/N-ethyl adjacent to an activating group) is 1. The molecule has 6 nitrogen and oxygen atoms in total. The van der Waals surface area contributed by atoms with Crippen LogP contribution >= 0.6 is 22.7 Å². The van der Waals surface area contributed by atoms with Crippen molar-refractivity contribution in [3.05, 3.63) is 52.3 Å². The second-order valence-corrected chi connectivity index (χ2v) is 8.14. The molecule has 0 atom stereocenters. The summed E-state index contributed by atoms with van der Waals surface area (Å²) in [7, 11) is 1.49. The predicted octanol–water partition coefficient (Wildman–Crippen LogP) is 4.79. The highest BCUT2D eigenvalue weighted by molar-refractivity contribution is 7.22. The quantitative estimate of drug-likeness (QED) is 0.580. The lowest BCUT2D eigenvalue weighted by Crippen LogP contribution is -2.34. The number of rotatable bonds is 6. The van der Waals surface area contributed by atoms with Crippen molar-refractivity contribution in [1.82, 2.24) is 9.88 Å². The van der Waals surface area contributed by atoms with Gasteiger partial charge in [-0.3, -0.25) is 9.59 Å². The first-order valence-electron chi connectivity index (χ1n) is 8.55. The zero-order valence-corrected chi connectivity index (χ0v) is 17.5. The minimum Gasteiger partial charge on any atom is -0.406 e. The van der Waals surface area contributed by atoms with Gasteiger partial charge in [0.15, 0.2) is 0 Å². The summed E-state index contributed by atoms with van der Waals surface area (Å²) in [6.07, 6.45) is -4.79. The molecule has 3 rings (SSSR count). The van der Waals surface area contributed by atoms with Crippen LogP contribution in [0.3, 0.4) is 0 Å². The summed E-state index contributed by atoms with van der Waals surface area (Å²) in [5, 5.41) is 5.19. The summed E-state index contributed by atoms with van der Waals surface area (Å²) in [5.74, 6) is -1.22. The largest absolute Gasteiger partial charge is 0.573 e. The normalized spacial score (nSPS) is 11.2. The zero-order valence-electron chi connectivity index (χ0n) is 15.8. The van der Waals surface area contributed by atoms with Gasteiger partial charge in [0.25, 0.3) is 5.91 Å². The second-order valence-electron chi connectivity index (χ2n) is 6.19. The Morgan fingerprint density at radius 1 is 1.20 bits per heavy atom. The molecule has 3 aromatic rings. The number of benzene rings is 1. The number of aromatic nitrogens is 1. The van der Waals surface area contributed by atoms with Crippen LogP contribution in [0.1, 0.15) is 15.4 Å². The van der Waals surface area contributed by atoms with Crippen LogP contribution in [0, 0.1) is 6.92 Å². The fraction of sp³-hybridized carbons (Fsp3) is 0.211. The Morgan fingerprint density at radius 3 is 2.50 bits per heavy atom. The van der Waals surface area contributed by atoms with Crippen molar-refractivity contribution in [2.75, 3.05) is 18.9 Å². The lowest BCUT2D eigenvalue weighted by molar-refractivity contribution is -0.274. The van der Waals surface area contributed by atoms with E-state index in [-0.39, 0.29) is 18.1 Å². The number of thiazole rings is 1. The van der Waals surface area contributed by atoms with E-state index in [1.807, 2.05) is 17.5 Å². The molecule has 0 spiro atoms. The highest BCUT2D eigenvalue weighted by Crippen LogP contribution is 2.31. The van der Waals surface area contributed by atoms with Crippen LogP contribution in [0.15, 0.2) is 41.8 Å². The van der Waals surface area contributed by atoms with Crippen LogP contribution in [0.25, 0.3) is 9.88 Å². The molecule has 0 bridgehead atoms. The number of hydrogen-bond acceptors (Lipinski definition) is 6. The van der Waals surface area contributed by atoms with E-state index in [9.17, 15) is 22.8 Å². The molecule has 0 aliphatic carbocycles. The molecule has 0 aliphatic heterocycles. The van der Waals surface area contributed by atoms with Crippen molar-refractivity contribution >= 4 is 40.2 Å². The summed E-state index contributed by atoms with van der Waals surface area (Å²) in [5.41, 5.74) is 0.866. The number of carbonyl (C=O) groups excluding carboxylic acids is 2. The monoisotopic (exact) mass is 455 g/mol. The lowest BCUT2D eigenvalue weighted by Gasteiger charge is -2.16. The van der Waals surface area contributed by atoms with E-state index in [4.69, 9.17) is 0 Å². The average molecular weight is 455 g/mol. The third kappa shape index (κ3) is 5.57. The molecule has 0 radical (unpaired) electrons. The number of nitrogens with zero attached hydrogens (tertiary/aromatic N) is 2. The maximum atomic E-state index is 12.7. The predicted molar refractivity (Wildman–Crippen MR) is 109 cm³/mol. The molecular formula is C19H16F3N3O3S2. The van der Waals surface area contributed by atoms with E-state index in [1.54, 1.807) is 6.92 Å². The zero-order chi connectivity index (χ0) is 21.9. The van der Waals surface area contributed by atoms with E-state index in [2.05, 4.69) is 15.0 Å². The number of anilines is 1. The number of hydrogen-bond donors (Lipinski definition) is 1. The van der Waals surface area contributed by atoms with Gasteiger partial charge in [-0.25, -0.2) is 4.98 Å². The summed E-state index contributed by atoms with van der Waals surface area (Å²) >= 11 is 2.78. The average Bonchev–Trinajstić information content (AvgIpc) is 3.31. The number of nitrogens with one attached hydrogen (secondary N) is 1. The summed E-state index contributed by atoms with van der Waals surface area (Å²) in [4.78, 5) is 32.0. The third-order valence-electron chi connectivity index (χ3n) is 3.82. The first-order valence-corrected chi connectivity index (χ1v) is 10.2. The van der Waals surface area contributed by atoms with Crippen LogP contribution in [0.2, 0.25) is 0 Å². The standard InChI is InChI=1S/C19H16F3N3O3S2/c1-11-16(30-17(23-11)14-4-3-9-29-14)18(27)25(2)10-15(26)24-12-5-7-13(8-6-12)28-19(20,21)22/h3-9H,10H2,1-2H3,(H,24,26). The highest BCUT2D eigenvalue weighted by atomic mass is 32.1. The Bertz CT molecular complexity index is 1030. The highest BCUT2D eigenvalue weighted by Gasteiger charge is 2.31. The molecule has 30 heavy (non-hydrogen) atoms. The second kappa shape index (κ2) is 8.84. The van der Waals surface area contributed by atoms with Gasteiger partial charge in [0.05, 0.1) is 17.1 Å². The van der Waals surface area contributed by atoms with Crippen molar-refractivity contribution in [3.63, 3.8) is 0 Å². The molecule has 0 fully saturated rings. The van der Waals surface area contributed by atoms with E-state index in [0.29, 0.717) is 10.6 Å². The van der Waals surface area contributed by atoms with Crippen LogP contribution in [0.4, 0.5) is 18.9 Å². The number of thiophene rings is 1. The number of carbonyl (C=O) groups is 2. The van der Waals surface area contributed by atoms with E-state index in [1.165, 1.54) is 46.8 Å². The van der Waals surface area contributed by atoms with Crippen LogP contribution in [0.5, 0.6) is 5.75 Å². The van der Waals surface area contributed by atoms with Crippen molar-refractivity contribution in [2.45, 2.75) is 13.3 Å². The molecule has 0 saturated heterocycles. The molecule has 0 unspecified atom stereocenters. The molecule has 0 aliphatic rings. The Morgan fingerprint density at radius 2 is 1.90 bits per heavy atom. The molecule has 158 valence electrons. The Labute approximate surface area is 177 Å². The summed E-state index contributed by atoms with van der Waals surface area (Å²) in [6.45, 7) is 1.50. The van der Waals surface area contributed by atoms with Gasteiger partial charge >= 0.3 is 6.36 Å². The van der Waals surface area contributed by atoms with Crippen LogP contribution in [-0.4, -0.2) is 41.7 Å². The summed E-state index contributed by atoms with van der Waals surface area (Å²) in [6, 6.07) is 8.55. The number of ether oxygens (including phenoxy) is 1. The Kier molecular flexibility index (Phi) is 6.42. The topological polar surface area (TPSA) is 71.5 Å². The van der Waals surface area contributed by atoms with Crippen LogP contribution < -0.4 is 10.1 Å². The molecule has 2 amide bonds. The van der Waals surface area contributed by atoms with Gasteiger partial charge in [-0.15, -0.1) is 35.8 Å². The fourth-order valence-corrected chi connectivity index (χ4v) is 4.36. The third-order valence-corrected chi connectivity index (χ3v) is 6.01. The molecule has 2 heterocycles. The number of aryl methyl sites for hydroxylation is 1. The molecule has 11 heteroatoms. The van der Waals surface area contributed by atoms with Gasteiger partial charge in [0.1, 0.15) is 15.6 Å².